The van der Waals surface area contributed by atoms with E-state index in [4.69, 9.17) is 32.7 Å². The zero-order valence-corrected chi connectivity index (χ0v) is 16.4. The van der Waals surface area contributed by atoms with E-state index in [1.54, 1.807) is 0 Å². The van der Waals surface area contributed by atoms with Gasteiger partial charge in [-0.25, -0.2) is 0 Å². The fourth-order valence-corrected chi connectivity index (χ4v) is 5.16. The number of carbonyl (C=O) groups excluding carboxylic acids is 1. The van der Waals surface area contributed by atoms with Crippen LogP contribution in [-0.4, -0.2) is 48.6 Å². The van der Waals surface area contributed by atoms with Gasteiger partial charge < -0.3 is 14.8 Å². The molecule has 0 aromatic heterocycles. The molecule has 0 radical (unpaired) electrons. The predicted molar refractivity (Wildman–Crippen MR) is 100 cm³/mol. The minimum absolute atomic E-state index is 0.00694. The Bertz CT molecular complexity index is 437. The van der Waals surface area contributed by atoms with Crippen LogP contribution in [0.3, 0.4) is 0 Å². The molecule has 2 saturated carbocycles. The van der Waals surface area contributed by atoms with E-state index in [0.717, 1.165) is 70.9 Å². The average molecular weight is 392 g/mol. The van der Waals surface area contributed by atoms with Crippen molar-refractivity contribution >= 4 is 29.1 Å². The van der Waals surface area contributed by atoms with E-state index in [9.17, 15) is 4.79 Å². The smallest absolute Gasteiger partial charge is 0.225 e. The second kappa shape index (κ2) is 9.77. The first-order chi connectivity index (χ1) is 12.1. The van der Waals surface area contributed by atoms with E-state index in [1.807, 2.05) is 0 Å². The molecule has 2 aliphatic heterocycles. The summed E-state index contributed by atoms with van der Waals surface area (Å²) in [4.78, 5) is 12.7. The first-order valence-electron chi connectivity index (χ1n) is 9.92. The molecule has 25 heavy (non-hydrogen) atoms. The normalized spacial score (nSPS) is 41.8. The average Bonchev–Trinajstić information content (AvgIpc) is 2.59. The summed E-state index contributed by atoms with van der Waals surface area (Å²) < 4.78 is 12.1. The predicted octanol–water partition coefficient (Wildman–Crippen LogP) is 3.87. The minimum Gasteiger partial charge on any atom is -0.377 e. The monoisotopic (exact) mass is 391 g/mol. The highest BCUT2D eigenvalue weighted by molar-refractivity contribution is 6.21. The van der Waals surface area contributed by atoms with Crippen LogP contribution in [0.2, 0.25) is 0 Å². The number of carbonyl (C=O) groups is 1. The Balaban J connectivity index is 1.59. The van der Waals surface area contributed by atoms with E-state index in [-0.39, 0.29) is 34.8 Å². The highest BCUT2D eigenvalue weighted by Crippen LogP contribution is 2.33. The van der Waals surface area contributed by atoms with Crippen LogP contribution >= 0.6 is 23.2 Å². The molecule has 144 valence electrons. The number of hydrogen-bond acceptors (Lipinski definition) is 3. The van der Waals surface area contributed by atoms with Gasteiger partial charge in [-0.05, 0) is 63.7 Å². The number of rotatable bonds is 0. The largest absolute Gasteiger partial charge is 0.377 e. The number of fused-ring (bicyclic) bond motifs is 10. The second-order valence-electron chi connectivity index (χ2n) is 7.82. The fourth-order valence-electron chi connectivity index (χ4n) is 4.39. The number of nitrogens with one attached hydrogen (secondary N) is 1. The third-order valence-corrected chi connectivity index (χ3v) is 6.79. The summed E-state index contributed by atoms with van der Waals surface area (Å²) in [7, 11) is 0. The molecule has 2 heterocycles. The lowest BCUT2D eigenvalue weighted by atomic mass is 9.84. The molecule has 0 spiro atoms. The van der Waals surface area contributed by atoms with Gasteiger partial charge in [-0.1, -0.05) is 0 Å². The summed E-state index contributed by atoms with van der Waals surface area (Å²) in [5.74, 6) is 0.577. The van der Waals surface area contributed by atoms with Crippen LogP contribution in [-0.2, 0) is 14.3 Å². The molecular formula is C19H31Cl2NO3. The Kier molecular flexibility index (Phi) is 7.71. The Morgan fingerprint density at radius 3 is 2.36 bits per heavy atom. The van der Waals surface area contributed by atoms with E-state index < -0.39 is 0 Å². The maximum Gasteiger partial charge on any atom is 0.225 e. The Hall–Kier alpha value is -0.0300. The molecule has 2 bridgehead atoms. The first kappa shape index (κ1) is 19.7. The third kappa shape index (κ3) is 5.72. The van der Waals surface area contributed by atoms with Crippen molar-refractivity contribution in [3.8, 4) is 0 Å². The number of amides is 1. The van der Waals surface area contributed by atoms with Gasteiger partial charge in [0.1, 0.15) is 0 Å². The van der Waals surface area contributed by atoms with Gasteiger partial charge in [0.2, 0.25) is 5.91 Å². The number of hydrogen-bond donors (Lipinski definition) is 1. The van der Waals surface area contributed by atoms with Crippen molar-refractivity contribution in [1.29, 1.82) is 0 Å². The van der Waals surface area contributed by atoms with Crippen molar-refractivity contribution in [3.63, 3.8) is 0 Å². The maximum absolute atomic E-state index is 12.7. The number of halogens is 2. The number of alkyl halides is 2. The van der Waals surface area contributed by atoms with Gasteiger partial charge in [-0.3, -0.25) is 4.79 Å². The molecule has 2 aliphatic carbocycles. The summed E-state index contributed by atoms with van der Waals surface area (Å²) >= 11 is 12.8. The van der Waals surface area contributed by atoms with Gasteiger partial charge in [0, 0.05) is 25.1 Å². The van der Waals surface area contributed by atoms with Crippen molar-refractivity contribution in [2.75, 3.05) is 19.8 Å². The van der Waals surface area contributed by atoms with Gasteiger partial charge in [0.15, 0.2) is 0 Å². The molecule has 4 aliphatic rings. The molecule has 4 nitrogen and oxygen atoms in total. The first-order valence-corrected chi connectivity index (χ1v) is 10.8. The lowest BCUT2D eigenvalue weighted by Crippen LogP contribution is -2.44. The Labute approximate surface area is 161 Å². The highest BCUT2D eigenvalue weighted by atomic mass is 35.5. The van der Waals surface area contributed by atoms with Crippen LogP contribution in [0.1, 0.15) is 57.8 Å². The minimum atomic E-state index is -0.114. The molecule has 6 atom stereocenters. The van der Waals surface area contributed by atoms with Crippen molar-refractivity contribution < 1.29 is 14.3 Å². The molecule has 0 aromatic carbocycles. The number of ether oxygens (including phenoxy) is 2. The standard InChI is InChI=1S/C19H31Cl2NO3/c20-14-4-6-17-15(12-14)19(23)22-8-7-13-3-5-18(16(21)11-13)25-10-2-1-9-24-17/h13-18H,1-12H2,(H,22,23)/t13-,14?,15?,16?,17?,18?/m0/s1. The van der Waals surface area contributed by atoms with Crippen LogP contribution in [0.4, 0.5) is 0 Å². The Morgan fingerprint density at radius 1 is 0.880 bits per heavy atom. The quantitative estimate of drug-likeness (QED) is 0.637. The lowest BCUT2D eigenvalue weighted by Gasteiger charge is -2.34. The highest BCUT2D eigenvalue weighted by Gasteiger charge is 2.35. The summed E-state index contributed by atoms with van der Waals surface area (Å²) in [6, 6.07) is 0. The Morgan fingerprint density at radius 2 is 1.60 bits per heavy atom. The summed E-state index contributed by atoms with van der Waals surface area (Å²) in [5.41, 5.74) is 0. The van der Waals surface area contributed by atoms with Crippen molar-refractivity contribution in [1.82, 2.24) is 5.32 Å². The molecule has 6 heteroatoms. The summed E-state index contributed by atoms with van der Waals surface area (Å²) in [5, 5.41) is 3.31. The summed E-state index contributed by atoms with van der Waals surface area (Å²) in [6.07, 6.45) is 8.80. The van der Waals surface area contributed by atoms with Crippen molar-refractivity contribution in [2.24, 2.45) is 11.8 Å². The molecule has 5 unspecified atom stereocenters. The van der Waals surface area contributed by atoms with Gasteiger partial charge >= 0.3 is 0 Å². The van der Waals surface area contributed by atoms with Gasteiger partial charge in [0.25, 0.3) is 0 Å². The van der Waals surface area contributed by atoms with E-state index in [0.29, 0.717) is 12.5 Å². The zero-order valence-electron chi connectivity index (χ0n) is 14.9. The van der Waals surface area contributed by atoms with Gasteiger partial charge in [0.05, 0.1) is 23.5 Å². The molecule has 1 amide bonds. The lowest BCUT2D eigenvalue weighted by molar-refractivity contribution is -0.132. The van der Waals surface area contributed by atoms with Crippen LogP contribution in [0, 0.1) is 11.8 Å². The molecule has 1 N–H and O–H groups in total. The van der Waals surface area contributed by atoms with Crippen LogP contribution in [0.25, 0.3) is 0 Å². The topological polar surface area (TPSA) is 47.6 Å². The molecule has 4 fully saturated rings. The van der Waals surface area contributed by atoms with Crippen molar-refractivity contribution in [2.45, 2.75) is 80.7 Å². The third-order valence-electron chi connectivity index (χ3n) is 5.94. The fraction of sp³-hybridized carbons (Fsp3) is 0.947. The zero-order chi connectivity index (χ0) is 17.6. The SMILES string of the molecule is O=C1NCC[C@@H]2CCC(OCCCCOC3CCC(Cl)CC13)C(Cl)C2. The van der Waals surface area contributed by atoms with Crippen LogP contribution < -0.4 is 5.32 Å². The van der Waals surface area contributed by atoms with Gasteiger partial charge in [-0.2, -0.15) is 0 Å². The molecular weight excluding hydrogens is 361 g/mol. The van der Waals surface area contributed by atoms with Gasteiger partial charge in [-0.15, -0.1) is 23.2 Å². The molecule has 0 aromatic rings. The second-order valence-corrected chi connectivity index (χ2v) is 8.99. The van der Waals surface area contributed by atoms with E-state index in [1.165, 1.54) is 0 Å². The van der Waals surface area contributed by atoms with Crippen LogP contribution in [0.15, 0.2) is 0 Å². The molecule has 4 rings (SSSR count). The van der Waals surface area contributed by atoms with Crippen LogP contribution in [0.5, 0.6) is 0 Å². The summed E-state index contributed by atoms with van der Waals surface area (Å²) in [6.45, 7) is 2.15. The maximum atomic E-state index is 12.7. The molecule has 2 saturated heterocycles. The van der Waals surface area contributed by atoms with E-state index >= 15 is 0 Å². The van der Waals surface area contributed by atoms with Crippen molar-refractivity contribution in [3.05, 3.63) is 0 Å². The van der Waals surface area contributed by atoms with E-state index in [2.05, 4.69) is 5.32 Å².